The van der Waals surface area contributed by atoms with Crippen molar-refractivity contribution in [3.05, 3.63) is 54.2 Å². The van der Waals surface area contributed by atoms with Crippen LogP contribution in [0.4, 0.5) is 4.79 Å². The molecule has 1 fully saturated rings. The summed E-state index contributed by atoms with van der Waals surface area (Å²) in [4.78, 5) is 14.1. The number of rotatable bonds is 2. The molecule has 140 valence electrons. The molecule has 1 aromatic heterocycles. The highest BCUT2D eigenvalue weighted by molar-refractivity contribution is 5.71. The number of amides is 1. The summed E-state index contributed by atoms with van der Waals surface area (Å²) in [5.41, 5.74) is 3.68. The van der Waals surface area contributed by atoms with Crippen LogP contribution >= 0.6 is 0 Å². The number of hydrogen-bond acceptors (Lipinski definition) is 4. The van der Waals surface area contributed by atoms with Crippen molar-refractivity contribution in [1.82, 2.24) is 15.1 Å². The van der Waals surface area contributed by atoms with Crippen LogP contribution in [0.2, 0.25) is 0 Å². The second-order valence-electron chi connectivity index (χ2n) is 8.38. The van der Waals surface area contributed by atoms with Gasteiger partial charge in [0.05, 0.1) is 11.4 Å². The van der Waals surface area contributed by atoms with Crippen LogP contribution in [0.1, 0.15) is 32.9 Å². The first-order chi connectivity index (χ1) is 12.9. The highest BCUT2D eigenvalue weighted by Crippen LogP contribution is 2.40. The average Bonchev–Trinajstić information content (AvgIpc) is 3.20. The van der Waals surface area contributed by atoms with Crippen LogP contribution in [0, 0.1) is 11.8 Å². The van der Waals surface area contributed by atoms with Crippen LogP contribution in [0.5, 0.6) is 0 Å². The number of carbonyl (C=O) groups is 1. The number of fused-ring (bicyclic) bond motifs is 1. The van der Waals surface area contributed by atoms with E-state index in [0.29, 0.717) is 11.8 Å². The van der Waals surface area contributed by atoms with Gasteiger partial charge in [-0.1, -0.05) is 36.4 Å². The fourth-order valence-electron chi connectivity index (χ4n) is 3.84. The molecule has 2 heterocycles. The maximum atomic E-state index is 12.3. The molecule has 2 aliphatic rings. The van der Waals surface area contributed by atoms with Gasteiger partial charge in [0.2, 0.25) is 0 Å². The van der Waals surface area contributed by atoms with Gasteiger partial charge in [0.25, 0.3) is 0 Å². The third-order valence-electron chi connectivity index (χ3n) is 5.10. The third kappa shape index (κ3) is 3.87. The molecular weight excluding hydrogens is 338 g/mol. The summed E-state index contributed by atoms with van der Waals surface area (Å²) < 4.78 is 5.50. The lowest BCUT2D eigenvalue weighted by atomic mass is 9.99. The quantitative estimate of drug-likeness (QED) is 0.793. The van der Waals surface area contributed by atoms with Crippen molar-refractivity contribution in [3.8, 4) is 11.3 Å². The lowest BCUT2D eigenvalue weighted by molar-refractivity contribution is 0.0285. The van der Waals surface area contributed by atoms with Gasteiger partial charge in [0, 0.05) is 24.6 Å². The van der Waals surface area contributed by atoms with Crippen LogP contribution in [-0.2, 0) is 4.74 Å². The van der Waals surface area contributed by atoms with E-state index in [2.05, 4.69) is 16.3 Å². The fraction of sp³-hybridized carbons (Fsp3) is 0.409. The predicted molar refractivity (Wildman–Crippen MR) is 105 cm³/mol. The van der Waals surface area contributed by atoms with E-state index in [9.17, 15) is 4.79 Å². The maximum absolute atomic E-state index is 12.3. The van der Waals surface area contributed by atoms with Gasteiger partial charge in [0.15, 0.2) is 0 Å². The molecule has 0 radical (unpaired) electrons. The lowest BCUT2D eigenvalue weighted by Crippen LogP contribution is -2.35. The van der Waals surface area contributed by atoms with Crippen LogP contribution in [0.25, 0.3) is 16.8 Å². The Bertz CT molecular complexity index is 853. The molecule has 4 rings (SSSR count). The summed E-state index contributed by atoms with van der Waals surface area (Å²) in [7, 11) is 0. The second-order valence-corrected chi connectivity index (χ2v) is 8.38. The molecule has 0 N–H and O–H groups in total. The van der Waals surface area contributed by atoms with Gasteiger partial charge in [-0.2, -0.15) is 5.10 Å². The Kier molecular flexibility index (Phi) is 4.46. The van der Waals surface area contributed by atoms with E-state index in [-0.39, 0.29) is 6.09 Å². The molecule has 5 heteroatoms. The number of aromatic nitrogens is 2. The highest BCUT2D eigenvalue weighted by atomic mass is 16.6. The smallest absolute Gasteiger partial charge is 0.410 e. The van der Waals surface area contributed by atoms with Gasteiger partial charge >= 0.3 is 6.09 Å². The summed E-state index contributed by atoms with van der Waals surface area (Å²) in [5, 5.41) is 8.84. The van der Waals surface area contributed by atoms with Gasteiger partial charge in [0.1, 0.15) is 5.60 Å². The average molecular weight is 363 g/mol. The Morgan fingerprint density at radius 1 is 1.04 bits per heavy atom. The first kappa shape index (κ1) is 17.7. The molecule has 0 saturated carbocycles. The highest BCUT2D eigenvalue weighted by Gasteiger charge is 2.40. The molecule has 2 atom stereocenters. The van der Waals surface area contributed by atoms with Crippen LogP contribution in [0.3, 0.4) is 0 Å². The molecule has 1 aliphatic carbocycles. The van der Waals surface area contributed by atoms with Gasteiger partial charge < -0.3 is 9.64 Å². The minimum Gasteiger partial charge on any atom is -0.444 e. The van der Waals surface area contributed by atoms with Gasteiger partial charge in [-0.3, -0.25) is 0 Å². The Labute approximate surface area is 160 Å². The molecule has 2 unspecified atom stereocenters. The largest absolute Gasteiger partial charge is 0.444 e. The van der Waals surface area contributed by atoms with E-state index in [4.69, 9.17) is 4.74 Å². The van der Waals surface area contributed by atoms with Crippen LogP contribution in [-0.4, -0.2) is 39.9 Å². The summed E-state index contributed by atoms with van der Waals surface area (Å²) in [6.45, 7) is 7.17. The van der Waals surface area contributed by atoms with E-state index in [1.54, 1.807) is 0 Å². The monoisotopic (exact) mass is 363 g/mol. The van der Waals surface area contributed by atoms with Crippen LogP contribution in [0.15, 0.2) is 48.5 Å². The van der Waals surface area contributed by atoms with Gasteiger partial charge in [-0.05, 0) is 50.8 Å². The number of allylic oxidation sites excluding steroid dienone is 1. The third-order valence-corrected chi connectivity index (χ3v) is 5.10. The summed E-state index contributed by atoms with van der Waals surface area (Å²) >= 11 is 0. The summed E-state index contributed by atoms with van der Waals surface area (Å²) in [6.07, 6.45) is 2.99. The second kappa shape index (κ2) is 6.80. The van der Waals surface area contributed by atoms with E-state index in [1.165, 1.54) is 5.57 Å². The number of carbonyl (C=O) groups excluding carboxylic acids is 1. The molecule has 1 amide bonds. The number of likely N-dealkylation sites (tertiary alicyclic amines) is 1. The predicted octanol–water partition coefficient (Wildman–Crippen LogP) is 4.41. The summed E-state index contributed by atoms with van der Waals surface area (Å²) in [6, 6.07) is 14.1. The Hall–Kier alpha value is -2.69. The van der Waals surface area contributed by atoms with E-state index < -0.39 is 5.60 Å². The zero-order valence-electron chi connectivity index (χ0n) is 16.1. The Morgan fingerprint density at radius 3 is 2.37 bits per heavy atom. The fourth-order valence-corrected chi connectivity index (χ4v) is 3.84. The molecule has 0 bridgehead atoms. The minimum absolute atomic E-state index is 0.209. The Morgan fingerprint density at radius 2 is 1.74 bits per heavy atom. The molecule has 1 aromatic carbocycles. The molecule has 1 saturated heterocycles. The normalized spacial score (nSPS) is 21.7. The standard InChI is InChI=1S/C22H25N3O2/c1-22(2,3)27-21(26)25-13-17-11-16(12-18(17)14-25)20-10-9-19(23-24-20)15-7-5-4-6-8-15/h4-11,17-18H,12-14H2,1-3H3. The SMILES string of the molecule is CC(C)(C)OC(=O)N1CC2C=C(c3ccc(-c4ccccc4)nn3)CC2C1. The zero-order valence-corrected chi connectivity index (χ0v) is 16.1. The number of ether oxygens (including phenoxy) is 1. The summed E-state index contributed by atoms with van der Waals surface area (Å²) in [5.74, 6) is 0.825. The topological polar surface area (TPSA) is 55.3 Å². The molecule has 2 aromatic rings. The van der Waals surface area contributed by atoms with E-state index in [0.717, 1.165) is 36.5 Å². The Balaban J connectivity index is 1.43. The van der Waals surface area contributed by atoms with Crippen molar-refractivity contribution in [2.24, 2.45) is 11.8 Å². The van der Waals surface area contributed by atoms with Gasteiger partial charge in [-0.15, -0.1) is 5.10 Å². The van der Waals surface area contributed by atoms with E-state index >= 15 is 0 Å². The van der Waals surface area contributed by atoms with Gasteiger partial charge in [-0.25, -0.2) is 4.79 Å². The van der Waals surface area contributed by atoms with Crippen molar-refractivity contribution in [3.63, 3.8) is 0 Å². The number of hydrogen-bond donors (Lipinski definition) is 0. The van der Waals surface area contributed by atoms with Crippen molar-refractivity contribution in [2.45, 2.75) is 32.8 Å². The van der Waals surface area contributed by atoms with Crippen molar-refractivity contribution < 1.29 is 9.53 Å². The first-order valence-electron chi connectivity index (χ1n) is 9.47. The number of nitrogens with zero attached hydrogens (tertiary/aromatic N) is 3. The molecular formula is C22H25N3O2. The first-order valence-corrected chi connectivity index (χ1v) is 9.47. The molecule has 0 spiro atoms. The zero-order chi connectivity index (χ0) is 19.0. The molecule has 27 heavy (non-hydrogen) atoms. The lowest BCUT2D eigenvalue weighted by Gasteiger charge is -2.24. The molecule has 5 nitrogen and oxygen atoms in total. The van der Waals surface area contributed by atoms with Crippen molar-refractivity contribution in [2.75, 3.05) is 13.1 Å². The van der Waals surface area contributed by atoms with Crippen molar-refractivity contribution >= 4 is 11.7 Å². The van der Waals surface area contributed by atoms with Crippen molar-refractivity contribution in [1.29, 1.82) is 0 Å². The maximum Gasteiger partial charge on any atom is 0.410 e. The number of benzene rings is 1. The minimum atomic E-state index is -0.453. The molecule has 1 aliphatic heterocycles. The van der Waals surface area contributed by atoms with E-state index in [1.807, 2.05) is 68.1 Å². The van der Waals surface area contributed by atoms with Crippen LogP contribution < -0.4 is 0 Å².